The van der Waals surface area contributed by atoms with Crippen molar-refractivity contribution in [3.05, 3.63) is 0 Å². The molecule has 1 rings (SSSR count). The number of nitrogens with zero attached hydrogens (tertiary/aromatic N) is 1. The zero-order valence-electron chi connectivity index (χ0n) is 16.1. The molecule has 0 aromatic heterocycles. The average Bonchev–Trinajstić information content (AvgIpc) is 2.50. The van der Waals surface area contributed by atoms with Crippen molar-refractivity contribution in [1.29, 1.82) is 0 Å². The maximum atomic E-state index is 12.1. The van der Waals surface area contributed by atoms with Crippen LogP contribution >= 0.6 is 0 Å². The smallest absolute Gasteiger partial charge is 0.326 e. The van der Waals surface area contributed by atoms with Crippen LogP contribution in [0.4, 0.5) is 4.79 Å². The Kier molecular flexibility index (Phi) is 7.97. The molecule has 0 bridgehead atoms. The third-order valence-corrected chi connectivity index (χ3v) is 4.82. The largest absolute Gasteiger partial charge is 0.481 e. The minimum Gasteiger partial charge on any atom is -0.481 e. The number of hydrogen-bond donors (Lipinski definition) is 4. The van der Waals surface area contributed by atoms with Gasteiger partial charge in [0.25, 0.3) is 0 Å². The van der Waals surface area contributed by atoms with Gasteiger partial charge in [-0.2, -0.15) is 0 Å². The highest BCUT2D eigenvalue weighted by molar-refractivity contribution is 5.82. The van der Waals surface area contributed by atoms with Crippen molar-refractivity contribution in [3.8, 4) is 0 Å². The van der Waals surface area contributed by atoms with Gasteiger partial charge in [0.05, 0.1) is 6.04 Å². The monoisotopic (exact) mass is 383 g/mol. The summed E-state index contributed by atoms with van der Waals surface area (Å²) in [5, 5.41) is 22.9. The summed E-state index contributed by atoms with van der Waals surface area (Å²) in [6.07, 6.45) is 3.88. The minimum absolute atomic E-state index is 0.0372. The second-order valence-corrected chi connectivity index (χ2v) is 8.44. The highest BCUT2D eigenvalue weighted by Crippen LogP contribution is 2.46. The van der Waals surface area contributed by atoms with Gasteiger partial charge in [0.1, 0.15) is 6.04 Å². The van der Waals surface area contributed by atoms with E-state index in [9.17, 15) is 24.3 Å². The SMILES string of the molecule is CC1(C)CC(N=C=O)CC(C)(CNC(=O)NC(CCCC(=O)O)C(=O)O)C1. The van der Waals surface area contributed by atoms with Crippen LogP contribution in [-0.4, -0.2) is 52.9 Å². The normalized spacial score (nSPS) is 24.9. The molecule has 9 heteroatoms. The highest BCUT2D eigenvalue weighted by atomic mass is 16.4. The van der Waals surface area contributed by atoms with E-state index in [-0.39, 0.29) is 36.1 Å². The first kappa shape index (κ1) is 22.6. The first-order valence-corrected chi connectivity index (χ1v) is 9.02. The lowest BCUT2D eigenvalue weighted by molar-refractivity contribution is -0.140. The maximum absolute atomic E-state index is 12.1. The molecule has 0 aromatic rings. The number of urea groups is 1. The molecule has 152 valence electrons. The first-order valence-electron chi connectivity index (χ1n) is 9.02. The van der Waals surface area contributed by atoms with Crippen LogP contribution in [0, 0.1) is 10.8 Å². The third-order valence-electron chi connectivity index (χ3n) is 4.82. The van der Waals surface area contributed by atoms with Gasteiger partial charge in [-0.3, -0.25) is 4.79 Å². The number of carboxylic acids is 2. The fourth-order valence-corrected chi connectivity index (χ4v) is 4.10. The maximum Gasteiger partial charge on any atom is 0.326 e. The van der Waals surface area contributed by atoms with Crippen LogP contribution in [0.5, 0.6) is 0 Å². The summed E-state index contributed by atoms with van der Waals surface area (Å²) in [4.78, 5) is 48.4. The molecule has 27 heavy (non-hydrogen) atoms. The van der Waals surface area contributed by atoms with Gasteiger partial charge in [-0.25, -0.2) is 19.4 Å². The number of aliphatic carboxylic acids is 2. The first-order chi connectivity index (χ1) is 12.5. The van der Waals surface area contributed by atoms with Gasteiger partial charge >= 0.3 is 18.0 Å². The molecule has 9 nitrogen and oxygen atoms in total. The summed E-state index contributed by atoms with van der Waals surface area (Å²) >= 11 is 0. The van der Waals surface area contributed by atoms with E-state index in [4.69, 9.17) is 5.11 Å². The van der Waals surface area contributed by atoms with Gasteiger partial charge in [-0.05, 0) is 42.9 Å². The number of hydrogen-bond acceptors (Lipinski definition) is 5. The summed E-state index contributed by atoms with van der Waals surface area (Å²) in [7, 11) is 0. The quantitative estimate of drug-likeness (QED) is 0.353. The molecule has 1 aliphatic carbocycles. The lowest BCUT2D eigenvalue weighted by Crippen LogP contribution is -2.50. The van der Waals surface area contributed by atoms with E-state index < -0.39 is 24.0 Å². The van der Waals surface area contributed by atoms with Crippen molar-refractivity contribution in [3.63, 3.8) is 0 Å². The second kappa shape index (κ2) is 9.50. The number of amides is 2. The van der Waals surface area contributed by atoms with Crippen LogP contribution in [0.25, 0.3) is 0 Å². The van der Waals surface area contributed by atoms with Gasteiger partial charge < -0.3 is 20.8 Å². The van der Waals surface area contributed by atoms with E-state index in [1.165, 1.54) is 0 Å². The summed E-state index contributed by atoms with van der Waals surface area (Å²) in [5.74, 6) is -2.22. The van der Waals surface area contributed by atoms with Gasteiger partial charge in [0.15, 0.2) is 0 Å². The van der Waals surface area contributed by atoms with Crippen LogP contribution in [0.1, 0.15) is 59.3 Å². The van der Waals surface area contributed by atoms with E-state index in [0.29, 0.717) is 13.0 Å². The van der Waals surface area contributed by atoms with E-state index in [0.717, 1.165) is 12.8 Å². The number of isocyanates is 1. The molecule has 0 spiro atoms. The fourth-order valence-electron chi connectivity index (χ4n) is 4.10. The van der Waals surface area contributed by atoms with Crippen LogP contribution in [0.15, 0.2) is 4.99 Å². The Balaban J connectivity index is 2.61. The Bertz CT molecular complexity index is 614. The molecule has 0 saturated heterocycles. The molecular formula is C18H29N3O6. The molecule has 0 aliphatic heterocycles. The lowest BCUT2D eigenvalue weighted by Gasteiger charge is -2.45. The topological polar surface area (TPSA) is 145 Å². The van der Waals surface area contributed by atoms with Crippen molar-refractivity contribution in [2.24, 2.45) is 15.8 Å². The molecule has 1 aliphatic rings. The fraction of sp³-hybridized carbons (Fsp3) is 0.778. The highest BCUT2D eigenvalue weighted by Gasteiger charge is 2.41. The van der Waals surface area contributed by atoms with Crippen molar-refractivity contribution >= 4 is 24.0 Å². The van der Waals surface area contributed by atoms with Crippen molar-refractivity contribution < 1.29 is 29.4 Å². The van der Waals surface area contributed by atoms with Crippen LogP contribution < -0.4 is 10.6 Å². The van der Waals surface area contributed by atoms with Crippen molar-refractivity contribution in [2.75, 3.05) is 6.54 Å². The molecule has 2 amide bonds. The summed E-state index contributed by atoms with van der Waals surface area (Å²) < 4.78 is 0. The van der Waals surface area contributed by atoms with Gasteiger partial charge in [0.2, 0.25) is 6.08 Å². The molecule has 1 saturated carbocycles. The number of nitrogens with one attached hydrogen (secondary N) is 2. The number of rotatable bonds is 9. The number of carbonyl (C=O) groups is 3. The van der Waals surface area contributed by atoms with E-state index in [1.54, 1.807) is 6.08 Å². The Morgan fingerprint density at radius 3 is 2.44 bits per heavy atom. The minimum atomic E-state index is -1.21. The van der Waals surface area contributed by atoms with E-state index >= 15 is 0 Å². The Morgan fingerprint density at radius 1 is 1.22 bits per heavy atom. The summed E-state index contributed by atoms with van der Waals surface area (Å²) in [5.41, 5.74) is -0.331. The van der Waals surface area contributed by atoms with E-state index in [1.807, 2.05) is 6.92 Å². The standard InChI is InChI=1S/C18H29N3O6/c1-17(2)7-12(20-11-22)8-18(3,9-17)10-19-16(27)21-13(15(25)26)5-4-6-14(23)24/h12-13H,4-10H2,1-3H3,(H,23,24)(H,25,26)(H2,19,21,27). The number of aliphatic imine (C=N–C) groups is 1. The van der Waals surface area contributed by atoms with E-state index in [2.05, 4.69) is 29.5 Å². The molecule has 0 aromatic carbocycles. The summed E-state index contributed by atoms with van der Waals surface area (Å²) in [6.45, 7) is 6.49. The molecule has 1 fully saturated rings. The molecule has 0 radical (unpaired) electrons. The van der Waals surface area contributed by atoms with Crippen molar-refractivity contribution in [2.45, 2.75) is 71.4 Å². The summed E-state index contributed by atoms with van der Waals surface area (Å²) in [6, 6.07) is -1.91. The lowest BCUT2D eigenvalue weighted by atomic mass is 9.63. The molecule has 3 atom stereocenters. The van der Waals surface area contributed by atoms with Gasteiger partial charge in [-0.15, -0.1) is 0 Å². The Hall–Kier alpha value is -2.41. The van der Waals surface area contributed by atoms with Crippen LogP contribution in [0.3, 0.4) is 0 Å². The van der Waals surface area contributed by atoms with Gasteiger partial charge in [-0.1, -0.05) is 20.8 Å². The number of carboxylic acid groups (broad SMARTS) is 2. The second-order valence-electron chi connectivity index (χ2n) is 8.44. The molecule has 0 heterocycles. The predicted molar refractivity (Wildman–Crippen MR) is 97.1 cm³/mol. The molecule has 4 N–H and O–H groups in total. The zero-order valence-corrected chi connectivity index (χ0v) is 16.1. The predicted octanol–water partition coefficient (Wildman–Crippen LogP) is 1.91. The van der Waals surface area contributed by atoms with Gasteiger partial charge in [0, 0.05) is 13.0 Å². The average molecular weight is 383 g/mol. The van der Waals surface area contributed by atoms with Crippen LogP contribution in [-0.2, 0) is 14.4 Å². The zero-order chi connectivity index (χ0) is 20.7. The van der Waals surface area contributed by atoms with Crippen LogP contribution in [0.2, 0.25) is 0 Å². The van der Waals surface area contributed by atoms with Crippen molar-refractivity contribution in [1.82, 2.24) is 10.6 Å². The molecule has 3 unspecified atom stereocenters. The molecular weight excluding hydrogens is 354 g/mol. The Labute approximate surface area is 158 Å². The Morgan fingerprint density at radius 2 is 1.89 bits per heavy atom. The number of carbonyl (C=O) groups excluding carboxylic acids is 2. The third kappa shape index (κ3) is 8.21.